The minimum Gasteiger partial charge on any atom is -0.478 e. The van der Waals surface area contributed by atoms with E-state index in [1.165, 1.54) is 19.0 Å². The molecule has 0 bridgehead atoms. The molecule has 0 spiro atoms. The molecule has 2 unspecified atom stereocenters. The van der Waals surface area contributed by atoms with Gasteiger partial charge in [0.2, 0.25) is 0 Å². The number of aromatic nitrogens is 2. The van der Waals surface area contributed by atoms with Crippen molar-refractivity contribution >= 4 is 5.97 Å². The highest BCUT2D eigenvalue weighted by molar-refractivity contribution is 5.88. The van der Waals surface area contributed by atoms with Crippen LogP contribution in [0.25, 0.3) is 0 Å². The Morgan fingerprint density at radius 3 is 3.06 bits per heavy atom. The lowest BCUT2D eigenvalue weighted by Crippen LogP contribution is -2.21. The average molecular weight is 223 g/mol. The Labute approximate surface area is 94.5 Å². The lowest BCUT2D eigenvalue weighted by atomic mass is 10.2. The third-order valence-corrected chi connectivity index (χ3v) is 3.27. The normalized spacial score (nSPS) is 23.4. The fraction of sp³-hybridized carbons (Fsp3) is 0.636. The van der Waals surface area contributed by atoms with E-state index in [1.807, 2.05) is 0 Å². The maximum absolute atomic E-state index is 10.9. The van der Waals surface area contributed by atoms with Gasteiger partial charge in [0.1, 0.15) is 5.56 Å². The second-order valence-corrected chi connectivity index (χ2v) is 4.33. The van der Waals surface area contributed by atoms with Crippen molar-refractivity contribution in [2.75, 3.05) is 0 Å². The van der Waals surface area contributed by atoms with E-state index >= 15 is 0 Å². The number of carbonyl (C=O) groups is 1. The summed E-state index contributed by atoms with van der Waals surface area (Å²) in [4.78, 5) is 10.9. The van der Waals surface area contributed by atoms with Crippen molar-refractivity contribution in [3.05, 3.63) is 17.5 Å². The van der Waals surface area contributed by atoms with Crippen molar-refractivity contribution in [1.29, 1.82) is 0 Å². The van der Waals surface area contributed by atoms with Crippen LogP contribution in [0.5, 0.6) is 0 Å². The molecule has 0 aromatic carbocycles. The molecule has 1 heterocycles. The summed E-state index contributed by atoms with van der Waals surface area (Å²) in [5, 5.41) is 16.3. The van der Waals surface area contributed by atoms with E-state index in [4.69, 9.17) is 5.11 Å². The molecule has 2 atom stereocenters. The molecule has 88 valence electrons. The molecule has 0 aliphatic heterocycles. The summed E-state index contributed by atoms with van der Waals surface area (Å²) in [6.45, 7) is 2.76. The Bertz CT molecular complexity index is 400. The molecule has 1 aliphatic carbocycles. The van der Waals surface area contributed by atoms with Gasteiger partial charge in [-0.15, -0.1) is 0 Å². The Hall–Kier alpha value is -1.36. The average Bonchev–Trinajstić information content (AvgIpc) is 2.91. The van der Waals surface area contributed by atoms with Crippen LogP contribution in [0.3, 0.4) is 0 Å². The zero-order chi connectivity index (χ0) is 11.7. The molecule has 0 amide bonds. The highest BCUT2D eigenvalue weighted by Crippen LogP contribution is 2.33. The van der Waals surface area contributed by atoms with E-state index in [0.717, 1.165) is 11.6 Å². The molecule has 1 aliphatic rings. The first kappa shape index (κ1) is 11.1. The fourth-order valence-electron chi connectivity index (χ4n) is 2.03. The van der Waals surface area contributed by atoms with Gasteiger partial charge < -0.3 is 10.4 Å². The van der Waals surface area contributed by atoms with Gasteiger partial charge in [0.25, 0.3) is 0 Å². The van der Waals surface area contributed by atoms with Crippen LogP contribution in [-0.4, -0.2) is 26.9 Å². The van der Waals surface area contributed by atoms with Crippen molar-refractivity contribution in [1.82, 2.24) is 15.1 Å². The molecule has 1 saturated carbocycles. The van der Waals surface area contributed by atoms with E-state index in [-0.39, 0.29) is 0 Å². The standard InChI is InChI=1S/C11H17N3O2/c1-3-7-4-9(7)12-6-10-8(11(15)16)5-13-14(10)2/h5,7,9,12H,3-4,6H2,1-2H3,(H,15,16). The number of aryl methyl sites for hydroxylation is 1. The zero-order valence-corrected chi connectivity index (χ0v) is 9.60. The molecule has 2 rings (SSSR count). The number of carboxylic acid groups (broad SMARTS) is 1. The van der Waals surface area contributed by atoms with Crippen LogP contribution in [0.15, 0.2) is 6.20 Å². The summed E-state index contributed by atoms with van der Waals surface area (Å²) in [7, 11) is 1.77. The van der Waals surface area contributed by atoms with Gasteiger partial charge in [-0.2, -0.15) is 5.10 Å². The number of nitrogens with zero attached hydrogens (tertiary/aromatic N) is 2. The van der Waals surface area contributed by atoms with Gasteiger partial charge in [-0.05, 0) is 12.3 Å². The topological polar surface area (TPSA) is 67.2 Å². The Kier molecular flexibility index (Phi) is 2.96. The van der Waals surface area contributed by atoms with Crippen LogP contribution < -0.4 is 5.32 Å². The Morgan fingerprint density at radius 1 is 1.75 bits per heavy atom. The Morgan fingerprint density at radius 2 is 2.50 bits per heavy atom. The molecule has 0 radical (unpaired) electrons. The second-order valence-electron chi connectivity index (χ2n) is 4.33. The molecule has 1 aromatic rings. The van der Waals surface area contributed by atoms with E-state index in [2.05, 4.69) is 17.3 Å². The SMILES string of the molecule is CCC1CC1NCc1c(C(=O)O)cnn1C. The Balaban J connectivity index is 1.98. The second kappa shape index (κ2) is 4.25. The van der Waals surface area contributed by atoms with Crippen molar-refractivity contribution < 1.29 is 9.90 Å². The third-order valence-electron chi connectivity index (χ3n) is 3.27. The van der Waals surface area contributed by atoms with Crippen LogP contribution in [0, 0.1) is 5.92 Å². The fourth-order valence-corrected chi connectivity index (χ4v) is 2.03. The van der Waals surface area contributed by atoms with Crippen LogP contribution in [-0.2, 0) is 13.6 Å². The van der Waals surface area contributed by atoms with Crippen LogP contribution >= 0.6 is 0 Å². The molecular weight excluding hydrogens is 206 g/mol. The number of hydrogen-bond donors (Lipinski definition) is 2. The maximum atomic E-state index is 10.9. The van der Waals surface area contributed by atoms with E-state index in [0.29, 0.717) is 18.2 Å². The third kappa shape index (κ3) is 2.09. The van der Waals surface area contributed by atoms with E-state index in [1.54, 1.807) is 11.7 Å². The molecule has 1 aromatic heterocycles. The highest BCUT2D eigenvalue weighted by atomic mass is 16.4. The number of aromatic carboxylic acids is 1. The monoisotopic (exact) mass is 223 g/mol. The quantitative estimate of drug-likeness (QED) is 0.781. The van der Waals surface area contributed by atoms with Crippen molar-refractivity contribution in [3.8, 4) is 0 Å². The molecule has 1 fully saturated rings. The van der Waals surface area contributed by atoms with Crippen LogP contribution in [0.1, 0.15) is 35.8 Å². The van der Waals surface area contributed by atoms with Gasteiger partial charge in [-0.25, -0.2) is 4.79 Å². The van der Waals surface area contributed by atoms with Crippen LogP contribution in [0.4, 0.5) is 0 Å². The predicted molar refractivity (Wildman–Crippen MR) is 59.2 cm³/mol. The molecule has 2 N–H and O–H groups in total. The van der Waals surface area contributed by atoms with Gasteiger partial charge in [-0.1, -0.05) is 13.3 Å². The van der Waals surface area contributed by atoms with Gasteiger partial charge in [0, 0.05) is 19.6 Å². The van der Waals surface area contributed by atoms with Gasteiger partial charge in [-0.3, -0.25) is 4.68 Å². The predicted octanol–water partition coefficient (Wildman–Crippen LogP) is 1.01. The summed E-state index contributed by atoms with van der Waals surface area (Å²) in [6, 6.07) is 0.557. The van der Waals surface area contributed by atoms with Crippen LogP contribution in [0.2, 0.25) is 0 Å². The van der Waals surface area contributed by atoms with Crippen molar-refractivity contribution in [3.63, 3.8) is 0 Å². The number of rotatable bonds is 5. The largest absolute Gasteiger partial charge is 0.478 e. The van der Waals surface area contributed by atoms with Crippen molar-refractivity contribution in [2.24, 2.45) is 13.0 Å². The van der Waals surface area contributed by atoms with Crippen molar-refractivity contribution in [2.45, 2.75) is 32.4 Å². The molecule has 0 saturated heterocycles. The first-order valence-electron chi connectivity index (χ1n) is 5.61. The summed E-state index contributed by atoms with van der Waals surface area (Å²) in [5.41, 5.74) is 1.04. The van der Waals surface area contributed by atoms with Gasteiger partial charge >= 0.3 is 5.97 Å². The maximum Gasteiger partial charge on any atom is 0.339 e. The summed E-state index contributed by atoms with van der Waals surface area (Å²) >= 11 is 0. The summed E-state index contributed by atoms with van der Waals surface area (Å²) in [6.07, 6.45) is 3.80. The van der Waals surface area contributed by atoms with E-state index < -0.39 is 5.97 Å². The summed E-state index contributed by atoms with van der Waals surface area (Å²) in [5.74, 6) is -0.144. The van der Waals surface area contributed by atoms with Gasteiger partial charge in [0.15, 0.2) is 0 Å². The minimum atomic E-state index is -0.910. The summed E-state index contributed by atoms with van der Waals surface area (Å²) < 4.78 is 1.62. The zero-order valence-electron chi connectivity index (χ0n) is 9.60. The van der Waals surface area contributed by atoms with E-state index in [9.17, 15) is 4.79 Å². The lowest BCUT2D eigenvalue weighted by molar-refractivity contribution is 0.0695. The number of carboxylic acids is 1. The molecule has 16 heavy (non-hydrogen) atoms. The molecule has 5 nitrogen and oxygen atoms in total. The van der Waals surface area contributed by atoms with Gasteiger partial charge in [0.05, 0.1) is 11.9 Å². The smallest absolute Gasteiger partial charge is 0.339 e. The lowest BCUT2D eigenvalue weighted by Gasteiger charge is -2.05. The molecule has 5 heteroatoms. The minimum absolute atomic E-state index is 0.295. The molecular formula is C11H17N3O2. The first-order valence-corrected chi connectivity index (χ1v) is 5.61. The number of hydrogen-bond acceptors (Lipinski definition) is 3. The number of nitrogens with one attached hydrogen (secondary N) is 1. The highest BCUT2D eigenvalue weighted by Gasteiger charge is 2.34. The first-order chi connectivity index (χ1) is 7.63.